The zero-order valence-corrected chi connectivity index (χ0v) is 11.4. The van der Waals surface area contributed by atoms with Gasteiger partial charge >= 0.3 is 0 Å². The van der Waals surface area contributed by atoms with Gasteiger partial charge in [0.05, 0.1) is 6.26 Å². The van der Waals surface area contributed by atoms with E-state index in [4.69, 9.17) is 4.42 Å². The fourth-order valence-electron chi connectivity index (χ4n) is 2.99. The van der Waals surface area contributed by atoms with E-state index in [9.17, 15) is 0 Å². The molecule has 0 atom stereocenters. The molecule has 3 aromatic rings. The Kier molecular flexibility index (Phi) is 2.49. The number of hydrogen-bond donors (Lipinski definition) is 0. The van der Waals surface area contributed by atoms with Gasteiger partial charge in [0.2, 0.25) is 0 Å². The second-order valence-electron chi connectivity index (χ2n) is 5.25. The largest absolute Gasteiger partial charge is 0.464 e. The number of fused-ring (bicyclic) bond motifs is 2. The molecule has 0 saturated heterocycles. The Morgan fingerprint density at radius 3 is 3.00 bits per heavy atom. The molecule has 0 aliphatic heterocycles. The van der Waals surface area contributed by atoms with Gasteiger partial charge in [-0.1, -0.05) is 24.3 Å². The maximum atomic E-state index is 5.62. The van der Waals surface area contributed by atoms with Crippen molar-refractivity contribution in [2.45, 2.75) is 19.8 Å². The molecule has 0 amide bonds. The molecule has 1 aliphatic carbocycles. The second kappa shape index (κ2) is 4.34. The molecule has 1 aliphatic rings. The van der Waals surface area contributed by atoms with Crippen LogP contribution in [0.1, 0.15) is 23.2 Å². The van der Waals surface area contributed by atoms with E-state index in [2.05, 4.69) is 48.3 Å². The van der Waals surface area contributed by atoms with Gasteiger partial charge in [-0.15, -0.1) is 0 Å². The minimum Gasteiger partial charge on any atom is -0.464 e. The van der Waals surface area contributed by atoms with Crippen molar-refractivity contribution in [1.29, 1.82) is 0 Å². The topological polar surface area (TPSA) is 26.0 Å². The van der Waals surface area contributed by atoms with Crippen LogP contribution < -0.4 is 0 Å². The highest BCUT2D eigenvalue weighted by atomic mass is 16.3. The third kappa shape index (κ3) is 1.61. The Labute approximate surface area is 117 Å². The highest BCUT2D eigenvalue weighted by Gasteiger charge is 2.15. The number of rotatable bonds is 1. The summed E-state index contributed by atoms with van der Waals surface area (Å²) in [7, 11) is 0. The minimum atomic E-state index is 0.979. The molecule has 0 spiro atoms. The zero-order chi connectivity index (χ0) is 13.5. The number of nitrogens with zero attached hydrogens (tertiary/aromatic N) is 1. The third-order valence-corrected chi connectivity index (χ3v) is 4.01. The van der Waals surface area contributed by atoms with Crippen molar-refractivity contribution in [3.8, 4) is 11.1 Å². The standard InChI is InChI=1S/C18H15NO/c1-12-6-7-13(16-9-11-20-18(12)16)14-8-10-19-17-5-3-2-4-15(14)17/h2,4,6-11H,3,5H2,1H3. The lowest BCUT2D eigenvalue weighted by Gasteiger charge is -2.15. The SMILES string of the molecule is Cc1ccc(-c2ccnc3c2C=CCC3)c2ccoc12. The maximum absolute atomic E-state index is 5.62. The van der Waals surface area contributed by atoms with Crippen LogP contribution in [0.2, 0.25) is 0 Å². The molecule has 0 radical (unpaired) electrons. The van der Waals surface area contributed by atoms with Crippen molar-refractivity contribution in [3.05, 3.63) is 59.6 Å². The van der Waals surface area contributed by atoms with E-state index >= 15 is 0 Å². The predicted octanol–water partition coefficient (Wildman–Crippen LogP) is 4.76. The van der Waals surface area contributed by atoms with Crippen LogP contribution in [0.15, 0.2) is 47.2 Å². The molecule has 2 heterocycles. The summed E-state index contributed by atoms with van der Waals surface area (Å²) in [5.41, 5.74) is 7.08. The molecule has 0 unspecified atom stereocenters. The number of pyridine rings is 1. The number of aromatic nitrogens is 1. The van der Waals surface area contributed by atoms with Gasteiger partial charge in [0.1, 0.15) is 5.58 Å². The normalized spacial score (nSPS) is 13.7. The van der Waals surface area contributed by atoms with Crippen molar-refractivity contribution in [2.75, 3.05) is 0 Å². The third-order valence-electron chi connectivity index (χ3n) is 4.01. The molecule has 0 N–H and O–H groups in total. The van der Waals surface area contributed by atoms with E-state index in [0.717, 1.165) is 18.4 Å². The smallest absolute Gasteiger partial charge is 0.137 e. The fourth-order valence-corrected chi connectivity index (χ4v) is 2.99. The first-order valence-electron chi connectivity index (χ1n) is 6.96. The number of aryl methyl sites for hydroxylation is 2. The van der Waals surface area contributed by atoms with E-state index in [1.165, 1.54) is 33.3 Å². The van der Waals surface area contributed by atoms with E-state index in [0.29, 0.717) is 0 Å². The van der Waals surface area contributed by atoms with Crippen LogP contribution in [0.4, 0.5) is 0 Å². The van der Waals surface area contributed by atoms with E-state index in [1.54, 1.807) is 6.26 Å². The molecular weight excluding hydrogens is 246 g/mol. The van der Waals surface area contributed by atoms with Crippen molar-refractivity contribution in [2.24, 2.45) is 0 Å². The highest BCUT2D eigenvalue weighted by molar-refractivity contribution is 5.97. The average Bonchev–Trinajstić information content (AvgIpc) is 2.98. The quantitative estimate of drug-likeness (QED) is 0.631. The maximum Gasteiger partial charge on any atom is 0.137 e. The van der Waals surface area contributed by atoms with Gasteiger partial charge < -0.3 is 4.42 Å². The molecule has 98 valence electrons. The summed E-state index contributed by atoms with van der Waals surface area (Å²) in [6.45, 7) is 2.08. The molecule has 4 rings (SSSR count). The van der Waals surface area contributed by atoms with Crippen molar-refractivity contribution < 1.29 is 4.42 Å². The fraction of sp³-hybridized carbons (Fsp3) is 0.167. The van der Waals surface area contributed by atoms with E-state index in [1.807, 2.05) is 6.20 Å². The Morgan fingerprint density at radius 2 is 2.05 bits per heavy atom. The van der Waals surface area contributed by atoms with E-state index < -0.39 is 0 Å². The summed E-state index contributed by atoms with van der Waals surface area (Å²) in [6.07, 6.45) is 10.2. The first kappa shape index (κ1) is 11.5. The Hall–Kier alpha value is -2.35. The summed E-state index contributed by atoms with van der Waals surface area (Å²) in [5.74, 6) is 0. The second-order valence-corrected chi connectivity index (χ2v) is 5.25. The number of hydrogen-bond acceptors (Lipinski definition) is 2. The lowest BCUT2D eigenvalue weighted by molar-refractivity contribution is 0.613. The number of furan rings is 1. The summed E-state index contributed by atoms with van der Waals surface area (Å²) in [4.78, 5) is 4.52. The highest BCUT2D eigenvalue weighted by Crippen LogP contribution is 2.35. The van der Waals surface area contributed by atoms with Crippen LogP contribution in [-0.4, -0.2) is 4.98 Å². The van der Waals surface area contributed by atoms with Crippen LogP contribution >= 0.6 is 0 Å². The summed E-state index contributed by atoms with van der Waals surface area (Å²) in [6, 6.07) is 8.47. The predicted molar refractivity (Wildman–Crippen MR) is 81.5 cm³/mol. The Morgan fingerprint density at radius 1 is 1.10 bits per heavy atom. The van der Waals surface area contributed by atoms with Crippen LogP contribution in [0.5, 0.6) is 0 Å². The van der Waals surface area contributed by atoms with Crippen molar-refractivity contribution in [3.63, 3.8) is 0 Å². The Balaban J connectivity index is 2.04. The molecule has 2 aromatic heterocycles. The lowest BCUT2D eigenvalue weighted by atomic mass is 9.92. The van der Waals surface area contributed by atoms with Crippen LogP contribution in [0, 0.1) is 6.92 Å². The van der Waals surface area contributed by atoms with Gasteiger partial charge in [0.25, 0.3) is 0 Å². The molecule has 20 heavy (non-hydrogen) atoms. The molecule has 0 saturated carbocycles. The van der Waals surface area contributed by atoms with E-state index in [-0.39, 0.29) is 0 Å². The Bertz CT molecular complexity index is 827. The van der Waals surface area contributed by atoms with Crippen molar-refractivity contribution in [1.82, 2.24) is 4.98 Å². The van der Waals surface area contributed by atoms with Crippen LogP contribution in [-0.2, 0) is 6.42 Å². The van der Waals surface area contributed by atoms with Crippen LogP contribution in [0.25, 0.3) is 28.2 Å². The summed E-state index contributed by atoms with van der Waals surface area (Å²) in [5, 5.41) is 1.18. The zero-order valence-electron chi connectivity index (χ0n) is 11.4. The van der Waals surface area contributed by atoms with Crippen molar-refractivity contribution >= 4 is 17.0 Å². The van der Waals surface area contributed by atoms with Gasteiger partial charge in [-0.25, -0.2) is 0 Å². The molecule has 0 fully saturated rings. The van der Waals surface area contributed by atoms with Gasteiger partial charge in [0.15, 0.2) is 0 Å². The monoisotopic (exact) mass is 261 g/mol. The van der Waals surface area contributed by atoms with Crippen LogP contribution in [0.3, 0.4) is 0 Å². The first-order chi connectivity index (χ1) is 9.84. The minimum absolute atomic E-state index is 0.979. The summed E-state index contributed by atoms with van der Waals surface area (Å²) < 4.78 is 5.62. The molecule has 0 bridgehead atoms. The number of benzene rings is 1. The van der Waals surface area contributed by atoms with Gasteiger partial charge in [-0.3, -0.25) is 4.98 Å². The summed E-state index contributed by atoms with van der Waals surface area (Å²) >= 11 is 0. The molecular formula is C18H15NO. The lowest BCUT2D eigenvalue weighted by Crippen LogP contribution is -1.99. The van der Waals surface area contributed by atoms with Gasteiger partial charge in [-0.2, -0.15) is 0 Å². The molecule has 2 nitrogen and oxygen atoms in total. The molecule has 1 aromatic carbocycles. The first-order valence-corrected chi connectivity index (χ1v) is 6.96. The number of allylic oxidation sites excluding steroid dienone is 1. The average molecular weight is 261 g/mol. The van der Waals surface area contributed by atoms with Gasteiger partial charge in [0, 0.05) is 22.8 Å². The van der Waals surface area contributed by atoms with Gasteiger partial charge in [-0.05, 0) is 48.6 Å². The molecule has 2 heteroatoms.